The lowest BCUT2D eigenvalue weighted by molar-refractivity contribution is -0.117. The van der Waals surface area contributed by atoms with Gasteiger partial charge in [0.25, 0.3) is 5.91 Å². The van der Waals surface area contributed by atoms with E-state index >= 15 is 0 Å². The van der Waals surface area contributed by atoms with Crippen LogP contribution in [0.15, 0.2) is 11.6 Å². The van der Waals surface area contributed by atoms with Gasteiger partial charge in [-0.2, -0.15) is 0 Å². The van der Waals surface area contributed by atoms with Crippen molar-refractivity contribution in [1.82, 2.24) is 10.2 Å². The third-order valence-corrected chi connectivity index (χ3v) is 2.65. The largest absolute Gasteiger partial charge is 0.465 e. The molecule has 2 unspecified atom stereocenters. The average Bonchev–Trinajstić information content (AvgIpc) is 2.44. The highest BCUT2D eigenvalue weighted by Crippen LogP contribution is 2.24. The maximum atomic E-state index is 11.3. The summed E-state index contributed by atoms with van der Waals surface area (Å²) >= 11 is 0. The number of carbonyl (C=O) groups excluding carboxylic acids is 1. The van der Waals surface area contributed by atoms with Crippen molar-refractivity contribution in [2.45, 2.75) is 6.42 Å². The van der Waals surface area contributed by atoms with Crippen molar-refractivity contribution in [3.05, 3.63) is 11.6 Å². The molecule has 76 valence electrons. The van der Waals surface area contributed by atoms with E-state index in [0.29, 0.717) is 18.0 Å². The maximum Gasteiger partial charge on any atom is 0.411 e. The lowest BCUT2D eigenvalue weighted by Crippen LogP contribution is -2.36. The van der Waals surface area contributed by atoms with E-state index in [0.717, 1.165) is 19.5 Å². The van der Waals surface area contributed by atoms with Gasteiger partial charge in [-0.1, -0.05) is 6.08 Å². The quantitative estimate of drug-likeness (QED) is 0.621. The molecule has 2 N–H and O–H groups in total. The van der Waals surface area contributed by atoms with Gasteiger partial charge >= 0.3 is 6.09 Å². The van der Waals surface area contributed by atoms with Gasteiger partial charge in [0, 0.05) is 18.7 Å². The van der Waals surface area contributed by atoms with Crippen LogP contribution in [0.5, 0.6) is 0 Å². The highest BCUT2D eigenvalue weighted by molar-refractivity contribution is 6.02. The van der Waals surface area contributed by atoms with E-state index < -0.39 is 12.0 Å². The second kappa shape index (κ2) is 3.42. The maximum absolute atomic E-state index is 11.3. The van der Waals surface area contributed by atoms with E-state index in [1.165, 1.54) is 0 Å². The summed E-state index contributed by atoms with van der Waals surface area (Å²) in [4.78, 5) is 23.8. The lowest BCUT2D eigenvalue weighted by Gasteiger charge is -2.21. The zero-order chi connectivity index (χ0) is 10.1. The fourth-order valence-electron chi connectivity index (χ4n) is 2.05. The fourth-order valence-corrected chi connectivity index (χ4v) is 2.05. The number of amides is 2. The highest BCUT2D eigenvalue weighted by atomic mass is 16.4. The van der Waals surface area contributed by atoms with Crippen molar-refractivity contribution in [2.75, 3.05) is 19.6 Å². The van der Waals surface area contributed by atoms with E-state index in [2.05, 4.69) is 4.90 Å². The van der Waals surface area contributed by atoms with Crippen LogP contribution < -0.4 is 5.32 Å². The second-order valence-electron chi connectivity index (χ2n) is 3.74. The minimum atomic E-state index is -1.29. The smallest absolute Gasteiger partial charge is 0.411 e. The summed E-state index contributed by atoms with van der Waals surface area (Å²) in [5.74, 6) is -0.0487. The Kier molecular flexibility index (Phi) is 2.25. The van der Waals surface area contributed by atoms with Gasteiger partial charge in [0.15, 0.2) is 0 Å². The molecule has 0 aromatic carbocycles. The molecule has 1 saturated heterocycles. The summed E-state index contributed by atoms with van der Waals surface area (Å²) in [6.07, 6.45) is 1.69. The predicted molar refractivity (Wildman–Crippen MR) is 48.8 cm³/mol. The fraction of sp³-hybridized carbons (Fsp3) is 0.556. The van der Waals surface area contributed by atoms with Gasteiger partial charge in [-0.15, -0.1) is 0 Å². The average molecular weight is 196 g/mol. The van der Waals surface area contributed by atoms with E-state index in [4.69, 9.17) is 5.11 Å². The Hall–Kier alpha value is -1.36. The summed E-state index contributed by atoms with van der Waals surface area (Å²) in [5, 5.41) is 10.3. The second-order valence-corrected chi connectivity index (χ2v) is 3.74. The van der Waals surface area contributed by atoms with Crippen LogP contribution in [-0.4, -0.2) is 41.6 Å². The predicted octanol–water partition coefficient (Wildman–Crippen LogP) is 0.0425. The molecule has 2 aliphatic heterocycles. The Balaban J connectivity index is 2.04. The van der Waals surface area contributed by atoms with Gasteiger partial charge < -0.3 is 5.11 Å². The van der Waals surface area contributed by atoms with Crippen LogP contribution in [0.25, 0.3) is 0 Å². The molecule has 0 aliphatic carbocycles. The van der Waals surface area contributed by atoms with Crippen LogP contribution in [0.3, 0.4) is 0 Å². The molecule has 2 bridgehead atoms. The summed E-state index contributed by atoms with van der Waals surface area (Å²) in [5.41, 5.74) is 0.584. The lowest BCUT2D eigenvalue weighted by atomic mass is 10.0. The van der Waals surface area contributed by atoms with Gasteiger partial charge in [-0.3, -0.25) is 15.0 Å². The van der Waals surface area contributed by atoms with Crippen molar-refractivity contribution in [3.8, 4) is 0 Å². The Labute approximate surface area is 81.4 Å². The molecule has 5 nitrogen and oxygen atoms in total. The SMILES string of the molecule is O=C(O)NC(=O)C1=CC2CCN(C1)C2. The number of imide groups is 1. The molecule has 0 aromatic heterocycles. The minimum Gasteiger partial charge on any atom is -0.465 e. The van der Waals surface area contributed by atoms with Gasteiger partial charge in [0.1, 0.15) is 0 Å². The van der Waals surface area contributed by atoms with Gasteiger partial charge in [0.05, 0.1) is 0 Å². The van der Waals surface area contributed by atoms with E-state index in [1.807, 2.05) is 11.4 Å². The zero-order valence-corrected chi connectivity index (χ0v) is 7.69. The molecule has 5 heteroatoms. The first-order chi connectivity index (χ1) is 6.65. The van der Waals surface area contributed by atoms with Crippen molar-refractivity contribution >= 4 is 12.0 Å². The molecule has 14 heavy (non-hydrogen) atoms. The molecule has 2 heterocycles. The Morgan fingerprint density at radius 2 is 2.36 bits per heavy atom. The first-order valence-electron chi connectivity index (χ1n) is 4.62. The van der Waals surface area contributed by atoms with Crippen LogP contribution in [0, 0.1) is 5.92 Å². The number of fused-ring (bicyclic) bond motifs is 2. The highest BCUT2D eigenvalue weighted by Gasteiger charge is 2.29. The molecule has 0 aromatic rings. The van der Waals surface area contributed by atoms with Gasteiger partial charge in [0.2, 0.25) is 0 Å². The topological polar surface area (TPSA) is 69.6 Å². The van der Waals surface area contributed by atoms with Gasteiger partial charge in [-0.05, 0) is 18.9 Å². The molecular formula is C9H12N2O3. The number of nitrogens with one attached hydrogen (secondary N) is 1. The Morgan fingerprint density at radius 3 is 3.00 bits per heavy atom. The van der Waals surface area contributed by atoms with Gasteiger partial charge in [-0.25, -0.2) is 4.79 Å². The van der Waals surface area contributed by atoms with Crippen LogP contribution >= 0.6 is 0 Å². The molecule has 0 spiro atoms. The molecule has 2 aliphatic rings. The molecule has 2 amide bonds. The van der Waals surface area contributed by atoms with Crippen molar-refractivity contribution < 1.29 is 14.7 Å². The standard InChI is InChI=1S/C9H12N2O3/c12-8(10-9(13)14)7-3-6-1-2-11(4-6)5-7/h3,6H,1-2,4-5H2,(H,10,12)(H,13,14). The van der Waals surface area contributed by atoms with Crippen LogP contribution in [0.4, 0.5) is 4.79 Å². The number of carboxylic acid groups (broad SMARTS) is 1. The minimum absolute atomic E-state index is 0.429. The molecule has 1 fully saturated rings. The third kappa shape index (κ3) is 1.77. The third-order valence-electron chi connectivity index (χ3n) is 2.65. The molecule has 0 radical (unpaired) electrons. The number of carbonyl (C=O) groups is 2. The zero-order valence-electron chi connectivity index (χ0n) is 7.69. The molecule has 2 rings (SSSR count). The van der Waals surface area contributed by atoms with E-state index in [1.54, 1.807) is 0 Å². The monoisotopic (exact) mass is 196 g/mol. The number of nitrogens with zero attached hydrogens (tertiary/aromatic N) is 1. The summed E-state index contributed by atoms with van der Waals surface area (Å²) < 4.78 is 0. The summed E-state index contributed by atoms with van der Waals surface area (Å²) in [7, 11) is 0. The van der Waals surface area contributed by atoms with Crippen molar-refractivity contribution in [3.63, 3.8) is 0 Å². The Morgan fingerprint density at radius 1 is 1.57 bits per heavy atom. The van der Waals surface area contributed by atoms with Crippen molar-refractivity contribution in [2.24, 2.45) is 5.92 Å². The van der Waals surface area contributed by atoms with E-state index in [9.17, 15) is 9.59 Å². The normalized spacial score (nSPS) is 29.6. The van der Waals surface area contributed by atoms with Crippen molar-refractivity contribution in [1.29, 1.82) is 0 Å². The van der Waals surface area contributed by atoms with Crippen LogP contribution in [0.2, 0.25) is 0 Å². The summed E-state index contributed by atoms with van der Waals surface area (Å²) in [6.45, 7) is 2.59. The number of hydrogen-bond acceptors (Lipinski definition) is 3. The Bertz CT molecular complexity index is 311. The first-order valence-corrected chi connectivity index (χ1v) is 4.62. The number of rotatable bonds is 1. The molecule has 2 atom stereocenters. The van der Waals surface area contributed by atoms with E-state index in [-0.39, 0.29) is 0 Å². The van der Waals surface area contributed by atoms with Crippen LogP contribution in [-0.2, 0) is 4.79 Å². The number of hydrogen-bond donors (Lipinski definition) is 2. The first kappa shape index (κ1) is 9.21. The molecule has 0 saturated carbocycles. The van der Waals surface area contributed by atoms with Crippen LogP contribution in [0.1, 0.15) is 6.42 Å². The summed E-state index contributed by atoms with van der Waals surface area (Å²) in [6, 6.07) is 0. The molecular weight excluding hydrogens is 184 g/mol.